The smallest absolute Gasteiger partial charge is 0.341 e. The molecule has 0 spiro atoms. The number of thiazole rings is 1. The van der Waals surface area contributed by atoms with Crippen molar-refractivity contribution in [1.82, 2.24) is 0 Å². The standard InChI is InChI=1S/C27H22ClN3O2S/c1-17-22(25(32)29-19-13-7-4-8-14-19)23(20-15-9-10-16-21(20)28)31-26(33)24(34-27(31)30(17)2)18-11-5-3-6-12-18/h3-16,23H,1-2H3,(H-,29,32,33). The molecular formula is C27H22ClN3O2S. The third-order valence-corrected chi connectivity index (χ3v) is 7.65. The summed E-state index contributed by atoms with van der Waals surface area (Å²) >= 11 is 8.05. The van der Waals surface area contributed by atoms with Gasteiger partial charge in [0.05, 0.1) is 17.8 Å². The van der Waals surface area contributed by atoms with Crippen LogP contribution in [0.4, 0.5) is 10.8 Å². The molecule has 0 saturated heterocycles. The summed E-state index contributed by atoms with van der Waals surface area (Å²) in [5, 5.41) is 18.1. The normalized spacial score (nSPS) is 15.3. The summed E-state index contributed by atoms with van der Waals surface area (Å²) in [6.45, 7) is 1.90. The third kappa shape index (κ3) is 3.75. The maximum Gasteiger partial charge on any atom is 0.341 e. The lowest BCUT2D eigenvalue weighted by Gasteiger charge is -2.30. The van der Waals surface area contributed by atoms with E-state index in [1.807, 2.05) is 97.7 Å². The fourth-order valence-electron chi connectivity index (χ4n) is 4.26. The van der Waals surface area contributed by atoms with Crippen molar-refractivity contribution < 1.29 is 14.5 Å². The highest BCUT2D eigenvalue weighted by atomic mass is 35.5. The predicted molar refractivity (Wildman–Crippen MR) is 135 cm³/mol. The zero-order chi connectivity index (χ0) is 23.8. The van der Waals surface area contributed by atoms with E-state index in [1.165, 1.54) is 11.3 Å². The summed E-state index contributed by atoms with van der Waals surface area (Å²) in [5.41, 5.74) is 3.47. The van der Waals surface area contributed by atoms with Gasteiger partial charge in [-0.3, -0.25) is 4.79 Å². The van der Waals surface area contributed by atoms with E-state index in [4.69, 9.17) is 11.6 Å². The van der Waals surface area contributed by atoms with E-state index in [0.717, 1.165) is 16.4 Å². The number of amides is 1. The van der Waals surface area contributed by atoms with Crippen LogP contribution in [0.25, 0.3) is 10.4 Å². The summed E-state index contributed by atoms with van der Waals surface area (Å²) in [5.74, 6) is -0.425. The highest BCUT2D eigenvalue weighted by molar-refractivity contribution is 7.18. The first-order chi connectivity index (χ1) is 16.5. The SMILES string of the molecule is CC1=C(C(=O)Nc2ccccc2)C(c2ccccc2Cl)[n+]2c(sc(-c3ccccc3)c2[O-])N1C. The van der Waals surface area contributed by atoms with Crippen LogP contribution in [-0.4, -0.2) is 13.0 Å². The summed E-state index contributed by atoms with van der Waals surface area (Å²) in [6.07, 6.45) is 0. The molecule has 1 aromatic heterocycles. The van der Waals surface area contributed by atoms with Gasteiger partial charge in [-0.05, 0) is 42.0 Å². The van der Waals surface area contributed by atoms with Crippen molar-refractivity contribution in [3.05, 3.63) is 107 Å². The van der Waals surface area contributed by atoms with Crippen molar-refractivity contribution in [2.24, 2.45) is 0 Å². The fraction of sp³-hybridized carbons (Fsp3) is 0.111. The van der Waals surface area contributed by atoms with Gasteiger partial charge in [0.25, 0.3) is 5.91 Å². The van der Waals surface area contributed by atoms with E-state index in [9.17, 15) is 9.90 Å². The summed E-state index contributed by atoms with van der Waals surface area (Å²) in [7, 11) is 1.88. The molecule has 34 heavy (non-hydrogen) atoms. The fourth-order valence-corrected chi connectivity index (χ4v) is 5.68. The Morgan fingerprint density at radius 3 is 2.29 bits per heavy atom. The zero-order valence-electron chi connectivity index (χ0n) is 18.7. The number of benzene rings is 3. The van der Waals surface area contributed by atoms with Gasteiger partial charge in [-0.15, -0.1) is 0 Å². The van der Waals surface area contributed by atoms with Gasteiger partial charge >= 0.3 is 5.13 Å². The van der Waals surface area contributed by atoms with Crippen molar-refractivity contribution in [3.63, 3.8) is 0 Å². The number of carbonyl (C=O) groups is 1. The van der Waals surface area contributed by atoms with Crippen LogP contribution in [0.1, 0.15) is 18.5 Å². The molecule has 0 fully saturated rings. The van der Waals surface area contributed by atoms with Gasteiger partial charge in [-0.2, -0.15) is 0 Å². The average Bonchev–Trinajstić information content (AvgIpc) is 3.20. The number of hydrogen-bond acceptors (Lipinski definition) is 4. The van der Waals surface area contributed by atoms with Crippen LogP contribution in [0.5, 0.6) is 5.88 Å². The summed E-state index contributed by atoms with van der Waals surface area (Å²) in [4.78, 5) is 16.2. The second-order valence-corrected chi connectivity index (χ2v) is 9.44. The topological polar surface area (TPSA) is 59.3 Å². The van der Waals surface area contributed by atoms with Crippen LogP contribution >= 0.6 is 22.9 Å². The van der Waals surface area contributed by atoms with Crippen LogP contribution in [-0.2, 0) is 4.79 Å². The van der Waals surface area contributed by atoms with E-state index in [2.05, 4.69) is 5.32 Å². The van der Waals surface area contributed by atoms with Gasteiger partial charge in [0, 0.05) is 16.3 Å². The number of nitrogens with zero attached hydrogens (tertiary/aromatic N) is 2. The number of halogens is 1. The Bertz CT molecular complexity index is 1400. The van der Waals surface area contributed by atoms with Crippen LogP contribution in [0.3, 0.4) is 0 Å². The number of carbonyl (C=O) groups excluding carboxylic acids is 1. The molecule has 1 atom stereocenters. The Morgan fingerprint density at radius 2 is 1.62 bits per heavy atom. The van der Waals surface area contributed by atoms with E-state index < -0.39 is 6.04 Å². The Kier molecular flexibility index (Phi) is 5.86. The number of fused-ring (bicyclic) bond motifs is 1. The zero-order valence-corrected chi connectivity index (χ0v) is 20.2. The lowest BCUT2D eigenvalue weighted by Crippen LogP contribution is -2.52. The van der Waals surface area contributed by atoms with Crippen molar-refractivity contribution in [2.45, 2.75) is 13.0 Å². The van der Waals surface area contributed by atoms with Crippen LogP contribution in [0, 0.1) is 0 Å². The molecule has 0 bridgehead atoms. The Morgan fingerprint density at radius 1 is 1.00 bits per heavy atom. The predicted octanol–water partition coefficient (Wildman–Crippen LogP) is 5.38. The Labute approximate surface area is 207 Å². The number of allylic oxidation sites excluding steroid dienone is 1. The molecule has 2 heterocycles. The molecule has 1 aliphatic heterocycles. The molecule has 7 heteroatoms. The maximum absolute atomic E-state index is 13.8. The molecule has 1 N–H and O–H groups in total. The first-order valence-corrected chi connectivity index (χ1v) is 12.0. The monoisotopic (exact) mass is 487 g/mol. The van der Waals surface area contributed by atoms with Gasteiger partial charge in [0.2, 0.25) is 0 Å². The molecule has 4 aromatic rings. The first kappa shape index (κ1) is 22.2. The lowest BCUT2D eigenvalue weighted by molar-refractivity contribution is -0.728. The van der Waals surface area contributed by atoms with E-state index in [1.54, 1.807) is 10.6 Å². The molecule has 5 rings (SSSR count). The number of anilines is 2. The van der Waals surface area contributed by atoms with Gasteiger partial charge < -0.3 is 10.4 Å². The third-order valence-electron chi connectivity index (χ3n) is 6.04. The van der Waals surface area contributed by atoms with Gasteiger partial charge in [0.15, 0.2) is 6.04 Å². The average molecular weight is 488 g/mol. The minimum Gasteiger partial charge on any atom is -0.841 e. The molecule has 0 saturated carbocycles. The molecule has 5 nitrogen and oxygen atoms in total. The molecule has 0 radical (unpaired) electrons. The second-order valence-electron chi connectivity index (χ2n) is 8.06. The molecule has 0 aliphatic carbocycles. The van der Waals surface area contributed by atoms with Gasteiger partial charge in [-0.1, -0.05) is 78.3 Å². The van der Waals surface area contributed by atoms with E-state index in [-0.39, 0.29) is 11.8 Å². The van der Waals surface area contributed by atoms with Crippen molar-refractivity contribution in [1.29, 1.82) is 0 Å². The summed E-state index contributed by atoms with van der Waals surface area (Å²) < 4.78 is 1.70. The molecule has 1 unspecified atom stereocenters. The maximum atomic E-state index is 13.8. The Hall–Kier alpha value is -3.61. The van der Waals surface area contributed by atoms with Crippen molar-refractivity contribution >= 4 is 39.7 Å². The first-order valence-electron chi connectivity index (χ1n) is 10.8. The highest BCUT2D eigenvalue weighted by Crippen LogP contribution is 2.44. The van der Waals surface area contributed by atoms with Gasteiger partial charge in [-0.25, -0.2) is 9.47 Å². The molecule has 1 aliphatic rings. The minimum absolute atomic E-state index is 0.152. The quantitative estimate of drug-likeness (QED) is 0.393. The number of nitrogens with one attached hydrogen (secondary N) is 1. The largest absolute Gasteiger partial charge is 0.841 e. The highest BCUT2D eigenvalue weighted by Gasteiger charge is 2.43. The van der Waals surface area contributed by atoms with Crippen LogP contribution < -0.4 is 19.9 Å². The van der Waals surface area contributed by atoms with Gasteiger partial charge in [0.1, 0.15) is 11.3 Å². The Balaban J connectivity index is 1.71. The molecule has 1 amide bonds. The van der Waals surface area contributed by atoms with Crippen molar-refractivity contribution in [3.8, 4) is 16.3 Å². The summed E-state index contributed by atoms with van der Waals surface area (Å²) in [6, 6.07) is 25.6. The lowest BCUT2D eigenvalue weighted by atomic mass is 9.94. The minimum atomic E-state index is -0.662. The van der Waals surface area contributed by atoms with Crippen molar-refractivity contribution in [2.75, 3.05) is 17.3 Å². The van der Waals surface area contributed by atoms with Crippen LogP contribution in [0.2, 0.25) is 5.02 Å². The molecule has 3 aromatic carbocycles. The molecule has 170 valence electrons. The second kappa shape index (κ2) is 8.97. The van der Waals surface area contributed by atoms with E-state index in [0.29, 0.717) is 26.7 Å². The van der Waals surface area contributed by atoms with Crippen LogP contribution in [0.15, 0.2) is 96.2 Å². The number of rotatable bonds is 4. The molecular weight excluding hydrogens is 466 g/mol. The van der Waals surface area contributed by atoms with E-state index >= 15 is 0 Å². The number of para-hydroxylation sites is 1. The number of aromatic nitrogens is 1. The number of hydrogen-bond donors (Lipinski definition) is 1.